The van der Waals surface area contributed by atoms with E-state index in [0.29, 0.717) is 5.92 Å². The molecule has 0 spiro atoms. The fourth-order valence-corrected chi connectivity index (χ4v) is 1.60. The van der Waals surface area contributed by atoms with Gasteiger partial charge in [-0.1, -0.05) is 19.3 Å². The maximum Gasteiger partial charge on any atom is 0.193 e. The normalized spacial score (nSPS) is 24.6. The molecule has 1 fully saturated rings. The molecule has 1 saturated carbocycles. The molecule has 0 aliphatic heterocycles. The summed E-state index contributed by atoms with van der Waals surface area (Å²) in [5, 5.41) is 11.0. The zero-order valence-electron chi connectivity index (χ0n) is 6.51. The molecule has 1 rings (SSSR count). The summed E-state index contributed by atoms with van der Waals surface area (Å²) in [5.41, 5.74) is 0. The number of ether oxygens (including phenoxy) is 1. The maximum absolute atomic E-state index is 11.0. The molecule has 0 N–H and O–H groups in total. The van der Waals surface area contributed by atoms with Crippen molar-refractivity contribution >= 4 is 0 Å². The Hall–Kier alpha value is -0.0800. The first-order valence-electron chi connectivity index (χ1n) is 4.03. The summed E-state index contributed by atoms with van der Waals surface area (Å²) in [4.78, 5) is 0. The molecule has 1 radical (unpaired) electrons. The molecule has 10 heavy (non-hydrogen) atoms. The molecule has 1 unspecified atom stereocenters. The molecular formula is C8H15O2. The molecule has 1 atom stereocenters. The molecule has 0 aromatic rings. The highest BCUT2D eigenvalue weighted by Crippen LogP contribution is 2.26. The lowest BCUT2D eigenvalue weighted by Gasteiger charge is -2.23. The van der Waals surface area contributed by atoms with Crippen LogP contribution in [0.4, 0.5) is 0 Å². The Morgan fingerprint density at radius 3 is 2.40 bits per heavy atom. The van der Waals surface area contributed by atoms with Gasteiger partial charge < -0.3 is 4.74 Å². The van der Waals surface area contributed by atoms with E-state index in [9.17, 15) is 5.11 Å². The second-order valence-corrected chi connectivity index (χ2v) is 3.00. The third-order valence-electron chi connectivity index (χ3n) is 2.27. The van der Waals surface area contributed by atoms with Gasteiger partial charge in [-0.25, -0.2) is 5.11 Å². The first kappa shape index (κ1) is 8.02. The summed E-state index contributed by atoms with van der Waals surface area (Å²) in [5.74, 6) is 0.291. The van der Waals surface area contributed by atoms with Gasteiger partial charge in [-0.3, -0.25) is 0 Å². The van der Waals surface area contributed by atoms with Crippen LogP contribution in [0.5, 0.6) is 0 Å². The van der Waals surface area contributed by atoms with Gasteiger partial charge >= 0.3 is 0 Å². The molecule has 0 heterocycles. The molecule has 0 aromatic carbocycles. The molecule has 1 aliphatic carbocycles. The monoisotopic (exact) mass is 143 g/mol. The van der Waals surface area contributed by atoms with Gasteiger partial charge in [0.05, 0.1) is 0 Å². The van der Waals surface area contributed by atoms with Crippen molar-refractivity contribution in [2.24, 2.45) is 5.92 Å². The van der Waals surface area contributed by atoms with Crippen LogP contribution in [-0.2, 0) is 9.84 Å². The molecule has 0 bridgehead atoms. The van der Waals surface area contributed by atoms with E-state index in [1.165, 1.54) is 26.4 Å². The van der Waals surface area contributed by atoms with Crippen molar-refractivity contribution in [3.05, 3.63) is 0 Å². The number of hydrogen-bond donors (Lipinski definition) is 0. The Kier molecular flexibility index (Phi) is 3.16. The summed E-state index contributed by atoms with van der Waals surface area (Å²) < 4.78 is 4.73. The van der Waals surface area contributed by atoms with Crippen LogP contribution in [0.3, 0.4) is 0 Å². The summed E-state index contributed by atoms with van der Waals surface area (Å²) in [7, 11) is 1.51. The average molecular weight is 143 g/mol. The molecule has 59 valence electrons. The van der Waals surface area contributed by atoms with Crippen molar-refractivity contribution in [1.82, 2.24) is 0 Å². The van der Waals surface area contributed by atoms with Gasteiger partial charge in [-0.05, 0) is 12.8 Å². The SMILES string of the molecule is COC([O])C1CCCCC1. The van der Waals surface area contributed by atoms with Crippen LogP contribution in [0.2, 0.25) is 0 Å². The van der Waals surface area contributed by atoms with E-state index in [0.717, 1.165) is 12.8 Å². The number of hydrogen-bond acceptors (Lipinski definition) is 1. The van der Waals surface area contributed by atoms with Gasteiger partial charge in [0.25, 0.3) is 0 Å². The average Bonchev–Trinajstić information content (AvgIpc) is 2.05. The predicted molar refractivity (Wildman–Crippen MR) is 38.1 cm³/mol. The molecule has 2 heteroatoms. The summed E-state index contributed by atoms with van der Waals surface area (Å²) >= 11 is 0. The number of methoxy groups -OCH3 is 1. The predicted octanol–water partition coefficient (Wildman–Crippen LogP) is 1.97. The van der Waals surface area contributed by atoms with Crippen LogP contribution in [0.1, 0.15) is 32.1 Å². The third kappa shape index (κ3) is 1.96. The van der Waals surface area contributed by atoms with Crippen LogP contribution in [-0.4, -0.2) is 13.4 Å². The highest BCUT2D eigenvalue weighted by Gasteiger charge is 2.21. The number of rotatable bonds is 2. The summed E-state index contributed by atoms with van der Waals surface area (Å²) in [6, 6.07) is 0. The Labute approximate surface area is 62.2 Å². The Balaban J connectivity index is 2.24. The van der Waals surface area contributed by atoms with Gasteiger partial charge in [0.2, 0.25) is 0 Å². The molecular weight excluding hydrogens is 128 g/mol. The van der Waals surface area contributed by atoms with Crippen molar-refractivity contribution < 1.29 is 9.84 Å². The zero-order valence-corrected chi connectivity index (χ0v) is 6.51. The minimum atomic E-state index is -0.764. The fourth-order valence-electron chi connectivity index (χ4n) is 1.60. The van der Waals surface area contributed by atoms with E-state index in [4.69, 9.17) is 4.74 Å². The van der Waals surface area contributed by atoms with E-state index < -0.39 is 6.29 Å². The van der Waals surface area contributed by atoms with E-state index >= 15 is 0 Å². The lowest BCUT2D eigenvalue weighted by molar-refractivity contribution is -0.160. The molecule has 2 nitrogen and oxygen atoms in total. The Morgan fingerprint density at radius 1 is 1.30 bits per heavy atom. The smallest absolute Gasteiger partial charge is 0.193 e. The minimum absolute atomic E-state index is 0.291. The van der Waals surface area contributed by atoms with Crippen molar-refractivity contribution in [3.63, 3.8) is 0 Å². The highest BCUT2D eigenvalue weighted by atomic mass is 16.6. The van der Waals surface area contributed by atoms with Crippen LogP contribution in [0.15, 0.2) is 0 Å². The third-order valence-corrected chi connectivity index (χ3v) is 2.27. The van der Waals surface area contributed by atoms with Crippen LogP contribution >= 0.6 is 0 Å². The lowest BCUT2D eigenvalue weighted by Crippen LogP contribution is -2.22. The standard InChI is InChI=1S/C8H15O2/c1-10-8(9)7-5-3-2-4-6-7/h7-8H,2-6H2,1H3. The first-order valence-corrected chi connectivity index (χ1v) is 4.03. The first-order chi connectivity index (χ1) is 4.84. The second kappa shape index (κ2) is 3.94. The van der Waals surface area contributed by atoms with E-state index in [1.54, 1.807) is 0 Å². The largest absolute Gasteiger partial charge is 0.353 e. The molecule has 0 aromatic heterocycles. The van der Waals surface area contributed by atoms with Gasteiger partial charge in [-0.2, -0.15) is 0 Å². The summed E-state index contributed by atoms with van der Waals surface area (Å²) in [6.45, 7) is 0. The Morgan fingerprint density at radius 2 is 1.90 bits per heavy atom. The van der Waals surface area contributed by atoms with Gasteiger partial charge in [0, 0.05) is 13.0 Å². The van der Waals surface area contributed by atoms with Crippen molar-refractivity contribution in [2.75, 3.05) is 7.11 Å². The van der Waals surface area contributed by atoms with Crippen molar-refractivity contribution in [1.29, 1.82) is 0 Å². The second-order valence-electron chi connectivity index (χ2n) is 3.00. The van der Waals surface area contributed by atoms with Gasteiger partial charge in [-0.15, -0.1) is 0 Å². The summed E-state index contributed by atoms with van der Waals surface area (Å²) in [6.07, 6.45) is 5.11. The fraction of sp³-hybridized carbons (Fsp3) is 1.00. The lowest BCUT2D eigenvalue weighted by atomic mass is 9.89. The minimum Gasteiger partial charge on any atom is -0.353 e. The van der Waals surface area contributed by atoms with Crippen LogP contribution < -0.4 is 0 Å². The van der Waals surface area contributed by atoms with Gasteiger partial charge in [0.1, 0.15) is 0 Å². The van der Waals surface area contributed by atoms with E-state index in [1.807, 2.05) is 0 Å². The van der Waals surface area contributed by atoms with E-state index in [2.05, 4.69) is 0 Å². The maximum atomic E-state index is 11.0. The topological polar surface area (TPSA) is 29.1 Å². The van der Waals surface area contributed by atoms with Gasteiger partial charge in [0.15, 0.2) is 6.29 Å². The van der Waals surface area contributed by atoms with Crippen molar-refractivity contribution in [3.8, 4) is 0 Å². The Bertz CT molecular complexity index is 87.3. The van der Waals surface area contributed by atoms with Crippen LogP contribution in [0.25, 0.3) is 0 Å². The zero-order chi connectivity index (χ0) is 7.40. The van der Waals surface area contributed by atoms with E-state index in [-0.39, 0.29) is 0 Å². The highest BCUT2D eigenvalue weighted by molar-refractivity contribution is 4.67. The quantitative estimate of drug-likeness (QED) is 0.543. The van der Waals surface area contributed by atoms with Crippen molar-refractivity contribution in [2.45, 2.75) is 38.4 Å². The van der Waals surface area contributed by atoms with Crippen LogP contribution in [0, 0.1) is 5.92 Å². The molecule has 0 saturated heterocycles. The molecule has 1 aliphatic rings. The molecule has 0 amide bonds.